The van der Waals surface area contributed by atoms with Crippen LogP contribution in [-0.2, 0) is 11.3 Å². The molecule has 4 rings (SSSR count). The molecule has 0 unspecified atom stereocenters. The van der Waals surface area contributed by atoms with Crippen LogP contribution in [0, 0.1) is 0 Å². The molecule has 0 N–H and O–H groups in total. The second-order valence-electron chi connectivity index (χ2n) is 6.44. The molecule has 29 heavy (non-hydrogen) atoms. The number of imidazole rings is 1. The van der Waals surface area contributed by atoms with Gasteiger partial charge in [-0.3, -0.25) is 0 Å². The molecule has 4 aromatic rings. The van der Waals surface area contributed by atoms with Crippen LogP contribution >= 0.6 is 11.3 Å². The molecule has 0 aliphatic rings. The zero-order chi connectivity index (χ0) is 20.1. The van der Waals surface area contributed by atoms with E-state index in [0.29, 0.717) is 12.1 Å². The number of thiazole rings is 1. The van der Waals surface area contributed by atoms with E-state index in [4.69, 9.17) is 4.74 Å². The molecule has 0 aliphatic heterocycles. The van der Waals surface area contributed by atoms with Crippen molar-refractivity contribution in [2.45, 2.75) is 6.54 Å². The normalized spacial score (nSPS) is 11.4. The van der Waals surface area contributed by atoms with Gasteiger partial charge >= 0.3 is 5.97 Å². The molecule has 5 nitrogen and oxygen atoms in total. The first-order valence-electron chi connectivity index (χ1n) is 9.08. The van der Waals surface area contributed by atoms with Crippen molar-refractivity contribution in [1.82, 2.24) is 14.5 Å². The molecule has 0 bridgehead atoms. The molecule has 2 aromatic carbocycles. The van der Waals surface area contributed by atoms with E-state index in [1.165, 1.54) is 7.11 Å². The van der Waals surface area contributed by atoms with Crippen LogP contribution in [0.1, 0.15) is 20.9 Å². The summed E-state index contributed by atoms with van der Waals surface area (Å²) >= 11 is 1.58. The summed E-state index contributed by atoms with van der Waals surface area (Å²) in [6, 6.07) is 15.8. The Morgan fingerprint density at radius 3 is 2.69 bits per heavy atom. The maximum Gasteiger partial charge on any atom is 0.337 e. The van der Waals surface area contributed by atoms with Gasteiger partial charge in [0.15, 0.2) is 0 Å². The summed E-state index contributed by atoms with van der Waals surface area (Å²) in [5.74, 6) is -0.358. The van der Waals surface area contributed by atoms with Gasteiger partial charge in [-0.15, -0.1) is 11.3 Å². The fourth-order valence-electron chi connectivity index (χ4n) is 3.10. The first-order valence-corrected chi connectivity index (χ1v) is 9.96. The zero-order valence-electron chi connectivity index (χ0n) is 15.9. The number of benzene rings is 2. The molecule has 6 heteroatoms. The van der Waals surface area contributed by atoms with E-state index >= 15 is 0 Å². The molecule has 2 heterocycles. The van der Waals surface area contributed by atoms with Crippen molar-refractivity contribution < 1.29 is 9.53 Å². The van der Waals surface area contributed by atoms with Crippen LogP contribution in [0.4, 0.5) is 0 Å². The Labute approximate surface area is 173 Å². The SMILES string of the molecule is COC(=O)c1cc(/C=C(\Cn2ccnc2)c2nccs2)cc(-c2ccccc2)c1. The van der Waals surface area contributed by atoms with Gasteiger partial charge < -0.3 is 9.30 Å². The van der Waals surface area contributed by atoms with Crippen molar-refractivity contribution in [3.8, 4) is 11.1 Å². The average Bonchev–Trinajstić information content (AvgIpc) is 3.47. The van der Waals surface area contributed by atoms with Crippen LogP contribution in [0.15, 0.2) is 78.8 Å². The number of allylic oxidation sites excluding steroid dienone is 1. The molecule has 0 amide bonds. The number of carbonyl (C=O) groups is 1. The van der Waals surface area contributed by atoms with Crippen LogP contribution in [0.2, 0.25) is 0 Å². The predicted molar refractivity (Wildman–Crippen MR) is 115 cm³/mol. The molecule has 0 aliphatic carbocycles. The molecular weight excluding hydrogens is 382 g/mol. The summed E-state index contributed by atoms with van der Waals surface area (Å²) in [7, 11) is 1.40. The lowest BCUT2D eigenvalue weighted by Crippen LogP contribution is -2.02. The summed E-state index contributed by atoms with van der Waals surface area (Å²) < 4.78 is 6.96. The minimum atomic E-state index is -0.358. The fourth-order valence-corrected chi connectivity index (χ4v) is 3.75. The lowest BCUT2D eigenvalue weighted by molar-refractivity contribution is 0.0600. The van der Waals surface area contributed by atoms with E-state index in [1.807, 2.05) is 58.6 Å². The Bertz CT molecular complexity index is 1120. The number of rotatable bonds is 6. The zero-order valence-corrected chi connectivity index (χ0v) is 16.7. The second kappa shape index (κ2) is 8.67. The van der Waals surface area contributed by atoms with Gasteiger partial charge in [0, 0.05) is 29.5 Å². The predicted octanol–water partition coefficient (Wildman–Crippen LogP) is 5.03. The Morgan fingerprint density at radius 2 is 2.00 bits per heavy atom. The Hall–Kier alpha value is -3.51. The number of hydrogen-bond donors (Lipinski definition) is 0. The van der Waals surface area contributed by atoms with Crippen LogP contribution in [0.3, 0.4) is 0 Å². The monoisotopic (exact) mass is 401 g/mol. The molecule has 0 spiro atoms. The van der Waals surface area contributed by atoms with Crippen LogP contribution in [0.5, 0.6) is 0 Å². The summed E-state index contributed by atoms with van der Waals surface area (Å²) in [5, 5.41) is 2.89. The van der Waals surface area contributed by atoms with Gasteiger partial charge in [0.1, 0.15) is 5.01 Å². The minimum absolute atomic E-state index is 0.358. The van der Waals surface area contributed by atoms with Crippen molar-refractivity contribution in [2.75, 3.05) is 7.11 Å². The standard InChI is InChI=1S/C23H19N3O2S/c1-28-23(27)20-12-17(11-19(14-20)18-5-3-2-4-6-18)13-21(22-25-8-10-29-22)15-26-9-7-24-16-26/h2-14,16H,15H2,1H3/b21-13+. The van der Waals surface area contributed by atoms with E-state index in [2.05, 4.69) is 22.1 Å². The molecule has 0 atom stereocenters. The number of esters is 1. The summed E-state index contributed by atoms with van der Waals surface area (Å²) in [5.41, 5.74) is 4.47. The van der Waals surface area contributed by atoms with Gasteiger partial charge in [-0.2, -0.15) is 0 Å². The van der Waals surface area contributed by atoms with Gasteiger partial charge in [0.25, 0.3) is 0 Å². The highest BCUT2D eigenvalue weighted by molar-refractivity contribution is 7.10. The first-order chi connectivity index (χ1) is 14.2. The van der Waals surface area contributed by atoms with Gasteiger partial charge in [0.2, 0.25) is 0 Å². The molecular formula is C23H19N3O2S. The number of aromatic nitrogens is 3. The summed E-state index contributed by atoms with van der Waals surface area (Å²) in [6.45, 7) is 0.636. The van der Waals surface area contributed by atoms with Gasteiger partial charge in [0.05, 0.1) is 25.5 Å². The van der Waals surface area contributed by atoms with E-state index in [1.54, 1.807) is 30.1 Å². The highest BCUT2D eigenvalue weighted by atomic mass is 32.1. The van der Waals surface area contributed by atoms with Gasteiger partial charge in [-0.25, -0.2) is 14.8 Å². The summed E-state index contributed by atoms with van der Waals surface area (Å²) in [4.78, 5) is 20.9. The van der Waals surface area contributed by atoms with Crippen molar-refractivity contribution in [1.29, 1.82) is 0 Å². The Morgan fingerprint density at radius 1 is 1.14 bits per heavy atom. The third kappa shape index (κ3) is 4.50. The highest BCUT2D eigenvalue weighted by Crippen LogP contribution is 2.27. The molecule has 0 fully saturated rings. The summed E-state index contributed by atoms with van der Waals surface area (Å²) in [6.07, 6.45) is 9.31. The van der Waals surface area contributed by atoms with Crippen LogP contribution in [0.25, 0.3) is 22.8 Å². The number of methoxy groups -OCH3 is 1. The smallest absolute Gasteiger partial charge is 0.337 e. The third-order valence-electron chi connectivity index (χ3n) is 4.44. The molecule has 0 radical (unpaired) electrons. The number of ether oxygens (including phenoxy) is 1. The maximum absolute atomic E-state index is 12.3. The van der Waals surface area contributed by atoms with E-state index in [-0.39, 0.29) is 5.97 Å². The van der Waals surface area contributed by atoms with E-state index < -0.39 is 0 Å². The van der Waals surface area contributed by atoms with Crippen molar-refractivity contribution in [3.63, 3.8) is 0 Å². The average molecular weight is 401 g/mol. The third-order valence-corrected chi connectivity index (χ3v) is 5.29. The highest BCUT2D eigenvalue weighted by Gasteiger charge is 2.12. The lowest BCUT2D eigenvalue weighted by atomic mass is 9.98. The second-order valence-corrected chi connectivity index (χ2v) is 7.34. The van der Waals surface area contributed by atoms with Crippen molar-refractivity contribution in [3.05, 3.63) is 95.0 Å². The quantitative estimate of drug-likeness (QED) is 0.425. The van der Waals surface area contributed by atoms with Gasteiger partial charge in [-0.05, 0) is 41.0 Å². The van der Waals surface area contributed by atoms with E-state index in [9.17, 15) is 4.79 Å². The Balaban J connectivity index is 1.81. The largest absolute Gasteiger partial charge is 0.465 e. The molecule has 2 aromatic heterocycles. The first kappa shape index (κ1) is 18.8. The molecule has 0 saturated carbocycles. The lowest BCUT2D eigenvalue weighted by Gasteiger charge is -2.10. The minimum Gasteiger partial charge on any atom is -0.465 e. The molecule has 144 valence electrons. The topological polar surface area (TPSA) is 57.0 Å². The fraction of sp³-hybridized carbons (Fsp3) is 0.0870. The van der Waals surface area contributed by atoms with Crippen LogP contribution < -0.4 is 0 Å². The molecule has 0 saturated heterocycles. The van der Waals surface area contributed by atoms with Crippen LogP contribution in [-0.4, -0.2) is 27.6 Å². The Kier molecular flexibility index (Phi) is 5.63. The number of carbonyl (C=O) groups excluding carboxylic acids is 1. The van der Waals surface area contributed by atoms with Gasteiger partial charge in [-0.1, -0.05) is 30.3 Å². The maximum atomic E-state index is 12.3. The van der Waals surface area contributed by atoms with Crippen molar-refractivity contribution >= 4 is 29.0 Å². The van der Waals surface area contributed by atoms with E-state index in [0.717, 1.165) is 27.3 Å². The number of nitrogens with zero attached hydrogens (tertiary/aromatic N) is 3. The number of hydrogen-bond acceptors (Lipinski definition) is 5. The van der Waals surface area contributed by atoms with Crippen molar-refractivity contribution in [2.24, 2.45) is 0 Å².